The topological polar surface area (TPSA) is 89.8 Å². The van der Waals surface area contributed by atoms with Crippen LogP contribution in [0.1, 0.15) is 19.4 Å². The van der Waals surface area contributed by atoms with E-state index in [-0.39, 0.29) is 16.9 Å². The van der Waals surface area contributed by atoms with E-state index in [1.54, 1.807) is 44.2 Å². The summed E-state index contributed by atoms with van der Waals surface area (Å²) in [5, 5.41) is 27.6. The highest BCUT2D eigenvalue weighted by molar-refractivity contribution is 5.64. The van der Waals surface area contributed by atoms with E-state index >= 15 is 0 Å². The zero-order valence-electron chi connectivity index (χ0n) is 13.9. The molecule has 0 aromatic heterocycles. The van der Waals surface area contributed by atoms with Crippen molar-refractivity contribution in [1.29, 1.82) is 15.8 Å². The van der Waals surface area contributed by atoms with Crippen LogP contribution in [0.15, 0.2) is 65.7 Å². The third kappa shape index (κ3) is 3.61. The molecular weight excluding hydrogens is 314 g/mol. The van der Waals surface area contributed by atoms with E-state index < -0.39 is 5.60 Å². The van der Waals surface area contributed by atoms with Gasteiger partial charge in [0.05, 0.1) is 6.26 Å². The van der Waals surface area contributed by atoms with Crippen LogP contribution >= 0.6 is 0 Å². The van der Waals surface area contributed by atoms with Crippen LogP contribution in [0.3, 0.4) is 0 Å². The van der Waals surface area contributed by atoms with E-state index in [9.17, 15) is 5.26 Å². The van der Waals surface area contributed by atoms with Gasteiger partial charge in [0.2, 0.25) is 0 Å². The van der Waals surface area contributed by atoms with E-state index in [0.717, 1.165) is 5.56 Å². The van der Waals surface area contributed by atoms with Crippen molar-refractivity contribution in [2.75, 3.05) is 0 Å². The van der Waals surface area contributed by atoms with Crippen LogP contribution in [0, 0.1) is 34.0 Å². The van der Waals surface area contributed by atoms with Gasteiger partial charge >= 0.3 is 0 Å². The Hall–Kier alpha value is -3.75. The molecule has 1 aliphatic rings. The number of hydrogen-bond donors (Lipinski definition) is 0. The molecule has 25 heavy (non-hydrogen) atoms. The molecule has 5 heteroatoms. The van der Waals surface area contributed by atoms with E-state index in [1.165, 1.54) is 6.26 Å². The van der Waals surface area contributed by atoms with Crippen LogP contribution in [0.2, 0.25) is 0 Å². The lowest BCUT2D eigenvalue weighted by Crippen LogP contribution is -2.20. The zero-order chi connectivity index (χ0) is 18.4. The minimum atomic E-state index is -0.818. The molecule has 0 radical (unpaired) electrons. The third-order valence-electron chi connectivity index (χ3n) is 3.61. The van der Waals surface area contributed by atoms with Gasteiger partial charge in [-0.15, -0.1) is 0 Å². The van der Waals surface area contributed by atoms with Crippen molar-refractivity contribution >= 4 is 6.08 Å². The Bertz CT molecular complexity index is 896. The van der Waals surface area contributed by atoms with Gasteiger partial charge in [-0.1, -0.05) is 30.9 Å². The number of rotatable bonds is 4. The fourth-order valence-electron chi connectivity index (χ4n) is 2.42. The maximum absolute atomic E-state index is 9.47. The van der Waals surface area contributed by atoms with Gasteiger partial charge in [-0.25, -0.2) is 0 Å². The molecule has 0 spiro atoms. The quantitative estimate of drug-likeness (QED) is 0.611. The lowest BCUT2D eigenvalue weighted by Gasteiger charge is -2.20. The molecule has 0 aliphatic carbocycles. The van der Waals surface area contributed by atoms with Crippen molar-refractivity contribution in [1.82, 2.24) is 0 Å². The van der Waals surface area contributed by atoms with Crippen molar-refractivity contribution in [3.05, 3.63) is 71.2 Å². The average Bonchev–Trinajstić information content (AvgIpc) is 2.85. The summed E-state index contributed by atoms with van der Waals surface area (Å²) in [5.74, 6) is 0.707. The second-order valence-electron chi connectivity index (χ2n) is 5.63. The summed E-state index contributed by atoms with van der Waals surface area (Å²) in [6, 6.07) is 12.9. The largest absolute Gasteiger partial charge is 0.480 e. The molecule has 2 rings (SSSR count). The summed E-state index contributed by atoms with van der Waals surface area (Å²) in [5.41, 5.74) is 0.682. The number of ether oxygens (including phenoxy) is 2. The third-order valence-corrected chi connectivity index (χ3v) is 3.61. The van der Waals surface area contributed by atoms with Crippen LogP contribution < -0.4 is 4.74 Å². The van der Waals surface area contributed by atoms with E-state index in [0.29, 0.717) is 11.3 Å². The first-order valence-electron chi connectivity index (χ1n) is 7.41. The van der Waals surface area contributed by atoms with Crippen LogP contribution in [-0.2, 0) is 4.74 Å². The molecular formula is C20H15N3O2. The highest BCUT2D eigenvalue weighted by Crippen LogP contribution is 2.40. The number of hydrogen-bond acceptors (Lipinski definition) is 5. The number of nitrogens with zero attached hydrogens (tertiary/aromatic N) is 3. The molecule has 5 nitrogen and oxygen atoms in total. The van der Waals surface area contributed by atoms with E-state index in [2.05, 4.69) is 6.58 Å². The molecule has 1 aromatic carbocycles. The Kier molecular flexibility index (Phi) is 5.08. The maximum Gasteiger partial charge on any atom is 0.172 e. The SMILES string of the molecule is C=COc1ccc(/C=C/C2=C(C#N)C(=C(C#N)C#N)OC2(C)C)cc1. The molecule has 1 aliphatic heterocycles. The molecule has 122 valence electrons. The van der Waals surface area contributed by atoms with Gasteiger partial charge < -0.3 is 9.47 Å². The normalized spacial score (nSPS) is 15.1. The first-order chi connectivity index (χ1) is 12.0. The van der Waals surface area contributed by atoms with Crippen LogP contribution in [-0.4, -0.2) is 5.60 Å². The predicted octanol–water partition coefficient (Wildman–Crippen LogP) is 4.15. The van der Waals surface area contributed by atoms with Crippen LogP contribution in [0.5, 0.6) is 5.75 Å². The minimum absolute atomic E-state index is 0.0341. The van der Waals surface area contributed by atoms with Gasteiger partial charge in [-0.3, -0.25) is 0 Å². The minimum Gasteiger partial charge on any atom is -0.480 e. The van der Waals surface area contributed by atoms with Crippen molar-refractivity contribution < 1.29 is 9.47 Å². The van der Waals surface area contributed by atoms with Crippen molar-refractivity contribution in [2.24, 2.45) is 0 Å². The molecule has 1 heterocycles. The van der Waals surface area contributed by atoms with Gasteiger partial charge in [-0.05, 0) is 31.5 Å². The molecule has 0 N–H and O–H groups in total. The Morgan fingerprint density at radius 2 is 1.76 bits per heavy atom. The molecule has 0 unspecified atom stereocenters. The number of nitriles is 3. The van der Waals surface area contributed by atoms with Gasteiger partial charge in [0.1, 0.15) is 35.1 Å². The second-order valence-corrected chi connectivity index (χ2v) is 5.63. The fraction of sp³-hybridized carbons (Fsp3) is 0.150. The van der Waals surface area contributed by atoms with Gasteiger partial charge in [0.25, 0.3) is 0 Å². The Morgan fingerprint density at radius 1 is 1.12 bits per heavy atom. The van der Waals surface area contributed by atoms with Gasteiger partial charge in [0, 0.05) is 5.57 Å². The average molecular weight is 329 g/mol. The standard InChI is InChI=1S/C20H15N3O2/c1-4-24-16-8-5-14(6-9-16)7-10-18-17(13-23)19(15(11-21)12-22)25-20(18,2)3/h4-10H,1H2,2-3H3/b10-7+. The summed E-state index contributed by atoms with van der Waals surface area (Å²) >= 11 is 0. The van der Waals surface area contributed by atoms with E-state index in [4.69, 9.17) is 20.0 Å². The summed E-state index contributed by atoms with van der Waals surface area (Å²) < 4.78 is 10.9. The first kappa shape index (κ1) is 17.6. The molecule has 0 fully saturated rings. The maximum atomic E-state index is 9.47. The lowest BCUT2D eigenvalue weighted by atomic mass is 9.94. The Labute approximate surface area is 146 Å². The predicted molar refractivity (Wildman–Crippen MR) is 92.4 cm³/mol. The monoisotopic (exact) mass is 329 g/mol. The molecule has 0 bridgehead atoms. The molecule has 1 aromatic rings. The number of benzene rings is 1. The summed E-state index contributed by atoms with van der Waals surface area (Å²) in [6.45, 7) is 7.06. The molecule has 0 amide bonds. The van der Waals surface area contributed by atoms with Crippen molar-refractivity contribution in [3.63, 3.8) is 0 Å². The summed E-state index contributed by atoms with van der Waals surface area (Å²) in [6.07, 6.45) is 4.95. The first-order valence-corrected chi connectivity index (χ1v) is 7.41. The summed E-state index contributed by atoms with van der Waals surface area (Å²) in [7, 11) is 0. The second kappa shape index (κ2) is 7.21. The highest BCUT2D eigenvalue weighted by atomic mass is 16.5. The fourth-order valence-corrected chi connectivity index (χ4v) is 2.42. The Morgan fingerprint density at radius 3 is 2.28 bits per heavy atom. The molecule has 0 saturated heterocycles. The smallest absolute Gasteiger partial charge is 0.172 e. The van der Waals surface area contributed by atoms with Crippen LogP contribution in [0.4, 0.5) is 0 Å². The van der Waals surface area contributed by atoms with Crippen molar-refractivity contribution in [2.45, 2.75) is 19.4 Å². The Balaban J connectivity index is 2.45. The molecule has 0 saturated carbocycles. The highest BCUT2D eigenvalue weighted by Gasteiger charge is 2.38. The van der Waals surface area contributed by atoms with Crippen molar-refractivity contribution in [3.8, 4) is 24.0 Å². The van der Waals surface area contributed by atoms with Crippen LogP contribution in [0.25, 0.3) is 6.08 Å². The lowest BCUT2D eigenvalue weighted by molar-refractivity contribution is 0.0954. The number of allylic oxidation sites excluding steroid dienone is 2. The zero-order valence-corrected chi connectivity index (χ0v) is 13.9. The van der Waals surface area contributed by atoms with Gasteiger partial charge in [0.15, 0.2) is 11.3 Å². The molecule has 0 atom stereocenters. The van der Waals surface area contributed by atoms with Gasteiger partial charge in [-0.2, -0.15) is 15.8 Å². The van der Waals surface area contributed by atoms with E-state index in [1.807, 2.05) is 24.3 Å². The summed E-state index contributed by atoms with van der Waals surface area (Å²) in [4.78, 5) is 0.